The number of pyridine rings is 1. The highest BCUT2D eigenvalue weighted by molar-refractivity contribution is 7.89. The highest BCUT2D eigenvalue weighted by atomic mass is 32.2. The SMILES string of the molecule is CCN(CC)S(=O)(=O)c1ccc(C(=O)N(Cc2ccccn2)c2nc3ccc(F)cc3s2)cc1. The second-order valence-corrected chi connectivity index (χ2v) is 10.4. The van der Waals surface area contributed by atoms with Crippen molar-refractivity contribution >= 4 is 42.6 Å². The topological polar surface area (TPSA) is 83.5 Å². The minimum Gasteiger partial charge on any atom is -0.278 e. The van der Waals surface area contributed by atoms with Crippen molar-refractivity contribution in [1.29, 1.82) is 0 Å². The molecule has 0 aliphatic heterocycles. The Balaban J connectivity index is 1.70. The number of sulfonamides is 1. The first kappa shape index (κ1) is 23.9. The van der Waals surface area contributed by atoms with Crippen LogP contribution in [0.4, 0.5) is 9.52 Å². The number of hydrogen-bond donors (Lipinski definition) is 0. The molecule has 0 bridgehead atoms. The molecule has 0 saturated carbocycles. The molecule has 0 atom stereocenters. The quantitative estimate of drug-likeness (QED) is 0.351. The molecule has 4 aromatic rings. The molecule has 0 N–H and O–H groups in total. The Morgan fingerprint density at radius 1 is 1.03 bits per heavy atom. The fourth-order valence-electron chi connectivity index (χ4n) is 3.52. The molecule has 10 heteroatoms. The predicted molar refractivity (Wildman–Crippen MR) is 131 cm³/mol. The maximum absolute atomic E-state index is 13.7. The van der Waals surface area contributed by atoms with E-state index in [4.69, 9.17) is 0 Å². The van der Waals surface area contributed by atoms with Crippen molar-refractivity contribution in [2.24, 2.45) is 0 Å². The average molecular weight is 499 g/mol. The van der Waals surface area contributed by atoms with E-state index in [1.165, 1.54) is 56.9 Å². The maximum Gasteiger partial charge on any atom is 0.260 e. The third-order valence-corrected chi connectivity index (χ3v) is 8.41. The number of halogens is 1. The molecule has 1 amide bonds. The molecule has 4 rings (SSSR count). The molecule has 2 aromatic heterocycles. The number of fused-ring (bicyclic) bond motifs is 1. The number of nitrogens with zero attached hydrogens (tertiary/aromatic N) is 4. The van der Waals surface area contributed by atoms with Gasteiger partial charge in [0.15, 0.2) is 5.13 Å². The summed E-state index contributed by atoms with van der Waals surface area (Å²) in [6.07, 6.45) is 1.64. The number of aromatic nitrogens is 2. The minimum atomic E-state index is -3.63. The summed E-state index contributed by atoms with van der Waals surface area (Å²) < 4.78 is 41.2. The molecule has 0 spiro atoms. The van der Waals surface area contributed by atoms with Gasteiger partial charge >= 0.3 is 0 Å². The predicted octanol–water partition coefficient (Wildman–Crippen LogP) is 4.71. The van der Waals surface area contributed by atoms with Gasteiger partial charge in [0, 0.05) is 24.8 Å². The zero-order valence-electron chi connectivity index (χ0n) is 18.7. The van der Waals surface area contributed by atoms with Gasteiger partial charge in [0.25, 0.3) is 5.91 Å². The lowest BCUT2D eigenvalue weighted by molar-refractivity contribution is 0.0984. The molecule has 0 aliphatic rings. The number of hydrogen-bond acceptors (Lipinski definition) is 6. The van der Waals surface area contributed by atoms with Crippen molar-refractivity contribution in [2.75, 3.05) is 18.0 Å². The van der Waals surface area contributed by atoms with Gasteiger partial charge in [-0.05, 0) is 54.6 Å². The third kappa shape index (κ3) is 4.84. The minimum absolute atomic E-state index is 0.125. The highest BCUT2D eigenvalue weighted by Gasteiger charge is 2.25. The smallest absolute Gasteiger partial charge is 0.260 e. The lowest BCUT2D eigenvalue weighted by Crippen LogP contribution is -2.31. The van der Waals surface area contributed by atoms with E-state index in [0.717, 1.165) is 0 Å². The van der Waals surface area contributed by atoms with Crippen molar-refractivity contribution in [3.63, 3.8) is 0 Å². The Morgan fingerprint density at radius 3 is 2.41 bits per heavy atom. The van der Waals surface area contributed by atoms with Crippen LogP contribution in [0.1, 0.15) is 29.9 Å². The van der Waals surface area contributed by atoms with E-state index >= 15 is 0 Å². The number of carbonyl (C=O) groups is 1. The van der Waals surface area contributed by atoms with Crippen LogP contribution in [0.3, 0.4) is 0 Å². The van der Waals surface area contributed by atoms with Crippen molar-refractivity contribution < 1.29 is 17.6 Å². The van der Waals surface area contributed by atoms with Gasteiger partial charge in [0.05, 0.1) is 27.4 Å². The third-order valence-electron chi connectivity index (χ3n) is 5.31. The number of amides is 1. The molecule has 2 aromatic carbocycles. The van der Waals surface area contributed by atoms with Crippen molar-refractivity contribution in [2.45, 2.75) is 25.3 Å². The molecular formula is C24H23FN4O3S2. The van der Waals surface area contributed by atoms with Crippen LogP contribution < -0.4 is 4.90 Å². The molecule has 176 valence electrons. The number of rotatable bonds is 8. The van der Waals surface area contributed by atoms with Crippen molar-refractivity contribution in [3.05, 3.63) is 83.9 Å². The van der Waals surface area contributed by atoms with E-state index < -0.39 is 10.0 Å². The first-order valence-electron chi connectivity index (χ1n) is 10.7. The molecule has 2 heterocycles. The summed E-state index contributed by atoms with van der Waals surface area (Å²) in [7, 11) is -3.63. The van der Waals surface area contributed by atoms with Crippen LogP contribution >= 0.6 is 11.3 Å². The molecule has 7 nitrogen and oxygen atoms in total. The summed E-state index contributed by atoms with van der Waals surface area (Å²) >= 11 is 1.20. The Bertz CT molecular complexity index is 1400. The summed E-state index contributed by atoms with van der Waals surface area (Å²) in [5, 5.41) is 0.399. The first-order valence-corrected chi connectivity index (χ1v) is 13.0. The number of thiazole rings is 1. The van der Waals surface area contributed by atoms with Crippen LogP contribution in [0.5, 0.6) is 0 Å². The van der Waals surface area contributed by atoms with Crippen molar-refractivity contribution in [3.8, 4) is 0 Å². The van der Waals surface area contributed by atoms with Crippen LogP contribution in [0.2, 0.25) is 0 Å². The van der Waals surface area contributed by atoms with Gasteiger partial charge in [-0.2, -0.15) is 4.31 Å². The standard InChI is InChI=1S/C24H23FN4O3S2/c1-3-28(4-2)34(31,32)20-11-8-17(9-12-20)23(30)29(16-19-7-5-6-14-26-19)24-27-21-13-10-18(25)15-22(21)33-24/h5-15H,3-4,16H2,1-2H3. The molecule has 34 heavy (non-hydrogen) atoms. The maximum atomic E-state index is 13.7. The second-order valence-electron chi connectivity index (χ2n) is 7.43. The van der Waals surface area contributed by atoms with Crippen LogP contribution in [0.25, 0.3) is 10.2 Å². The summed E-state index contributed by atoms with van der Waals surface area (Å²) in [4.78, 5) is 24.0. The van der Waals surface area contributed by atoms with E-state index in [-0.39, 0.29) is 23.2 Å². The van der Waals surface area contributed by atoms with Gasteiger partial charge in [0.1, 0.15) is 5.82 Å². The lowest BCUT2D eigenvalue weighted by atomic mass is 10.2. The van der Waals surface area contributed by atoms with Crippen LogP contribution in [-0.2, 0) is 16.6 Å². The summed E-state index contributed by atoms with van der Waals surface area (Å²) in [6.45, 7) is 4.42. The van der Waals surface area contributed by atoms with Gasteiger partial charge in [0.2, 0.25) is 10.0 Å². The largest absolute Gasteiger partial charge is 0.278 e. The summed E-state index contributed by atoms with van der Waals surface area (Å²) in [5.74, 6) is -0.743. The molecule has 0 unspecified atom stereocenters. The summed E-state index contributed by atoms with van der Waals surface area (Å²) in [6, 6.07) is 15.6. The first-order chi connectivity index (χ1) is 16.3. The lowest BCUT2D eigenvalue weighted by Gasteiger charge is -2.21. The Labute approximate surface area is 201 Å². The van der Waals surface area contributed by atoms with E-state index in [0.29, 0.717) is 39.7 Å². The highest BCUT2D eigenvalue weighted by Crippen LogP contribution is 2.31. The zero-order chi connectivity index (χ0) is 24.3. The molecule has 0 aliphatic carbocycles. The normalized spacial score (nSPS) is 11.8. The monoisotopic (exact) mass is 498 g/mol. The van der Waals surface area contributed by atoms with Crippen molar-refractivity contribution in [1.82, 2.24) is 14.3 Å². The van der Waals surface area contributed by atoms with E-state index in [1.54, 1.807) is 38.2 Å². The molecular weight excluding hydrogens is 475 g/mol. The zero-order valence-corrected chi connectivity index (χ0v) is 20.3. The Morgan fingerprint density at radius 2 is 1.76 bits per heavy atom. The van der Waals surface area contributed by atoms with Crippen LogP contribution in [0, 0.1) is 5.82 Å². The number of benzene rings is 2. The second kappa shape index (κ2) is 9.96. The number of anilines is 1. The van der Waals surface area contributed by atoms with E-state index in [9.17, 15) is 17.6 Å². The fraction of sp³-hybridized carbons (Fsp3) is 0.208. The Hall–Kier alpha value is -3.21. The summed E-state index contributed by atoms with van der Waals surface area (Å²) in [5.41, 5.74) is 1.54. The number of carbonyl (C=O) groups excluding carboxylic acids is 1. The van der Waals surface area contributed by atoms with Crippen LogP contribution in [-0.4, -0.2) is 41.7 Å². The average Bonchev–Trinajstić information content (AvgIpc) is 3.26. The molecule has 0 radical (unpaired) electrons. The fourth-order valence-corrected chi connectivity index (χ4v) is 5.97. The van der Waals surface area contributed by atoms with Gasteiger partial charge < -0.3 is 0 Å². The van der Waals surface area contributed by atoms with E-state index in [2.05, 4.69) is 9.97 Å². The molecule has 0 fully saturated rings. The van der Waals surface area contributed by atoms with Crippen LogP contribution in [0.15, 0.2) is 71.8 Å². The van der Waals surface area contributed by atoms with Gasteiger partial charge in [-0.1, -0.05) is 31.3 Å². The van der Waals surface area contributed by atoms with Gasteiger partial charge in [-0.25, -0.2) is 17.8 Å². The van der Waals surface area contributed by atoms with Gasteiger partial charge in [-0.3, -0.25) is 14.7 Å². The molecule has 0 saturated heterocycles. The Kier molecular flexibility index (Phi) is 7.01. The van der Waals surface area contributed by atoms with E-state index in [1.807, 2.05) is 6.07 Å². The van der Waals surface area contributed by atoms with Gasteiger partial charge in [-0.15, -0.1) is 0 Å².